The Morgan fingerprint density at radius 3 is 2.30 bits per heavy atom. The third kappa shape index (κ3) is 4.38. The number of halogens is 1. The van der Waals surface area contributed by atoms with E-state index in [0.29, 0.717) is 11.3 Å². The molecule has 0 bridgehead atoms. The minimum Gasteiger partial charge on any atom is -0.502 e. The number of hydrogen-bond acceptors (Lipinski definition) is 2. The fourth-order valence-corrected chi connectivity index (χ4v) is 2.99. The highest BCUT2D eigenvalue weighted by atomic mass is 32.1. The van der Waals surface area contributed by atoms with Gasteiger partial charge in [-0.3, -0.25) is 0 Å². The molecule has 3 nitrogen and oxygen atoms in total. The third-order valence-corrected chi connectivity index (χ3v) is 4.47. The highest BCUT2D eigenvalue weighted by molar-refractivity contribution is 7.81. The maximum absolute atomic E-state index is 14.0. The molecule has 0 saturated heterocycles. The number of hydrogen-bond donors (Lipinski definition) is 2. The van der Waals surface area contributed by atoms with Gasteiger partial charge < -0.3 is 10.4 Å². The molecular formula is C22H20FN2OS+. The Morgan fingerprint density at radius 2 is 1.67 bits per heavy atom. The van der Waals surface area contributed by atoms with Crippen LogP contribution in [-0.4, -0.2) is 10.1 Å². The van der Waals surface area contributed by atoms with Crippen LogP contribution in [0.2, 0.25) is 0 Å². The van der Waals surface area contributed by atoms with Crippen molar-refractivity contribution in [2.75, 3.05) is 5.32 Å². The molecule has 0 spiro atoms. The molecule has 0 aliphatic rings. The smallest absolute Gasteiger partial charge is 0.288 e. The molecule has 0 radical (unpaired) electrons. The molecule has 3 aromatic rings. The Labute approximate surface area is 163 Å². The number of aliphatic hydroxyl groups is 1. The van der Waals surface area contributed by atoms with Crippen LogP contribution < -0.4 is 9.88 Å². The average molecular weight is 379 g/mol. The number of pyridine rings is 1. The first-order valence-corrected chi connectivity index (χ1v) is 9.06. The van der Waals surface area contributed by atoms with Gasteiger partial charge in [-0.05, 0) is 24.1 Å². The molecule has 5 heteroatoms. The van der Waals surface area contributed by atoms with Gasteiger partial charge in [-0.2, -0.15) is 4.57 Å². The van der Waals surface area contributed by atoms with Gasteiger partial charge in [0.05, 0.1) is 5.69 Å². The topological polar surface area (TPSA) is 36.1 Å². The van der Waals surface area contributed by atoms with Gasteiger partial charge in [0.25, 0.3) is 5.70 Å². The largest absolute Gasteiger partial charge is 0.502 e. The molecule has 2 N–H and O–H groups in total. The quantitative estimate of drug-likeness (QED) is 0.283. The summed E-state index contributed by atoms with van der Waals surface area (Å²) >= 11 is 5.51. The van der Waals surface area contributed by atoms with Crippen molar-refractivity contribution in [3.05, 3.63) is 96.1 Å². The standard InChI is InChI=1S/C22H19FN2OS/c1-2-16-10-12-17(13-11-16)21(26)20(25-14-6-3-7-15-25)22(27)24-19-9-5-4-8-18(19)23/h3-15H,2H2,1H3,(H-,24,26,27)/p+1. The Hall–Kier alpha value is -3.05. The zero-order valence-electron chi connectivity index (χ0n) is 14.9. The lowest BCUT2D eigenvalue weighted by atomic mass is 10.1. The number of rotatable bonds is 5. The second kappa shape index (κ2) is 8.56. The number of nitrogens with one attached hydrogen (secondary N) is 1. The number of nitrogens with zero attached hydrogens (tertiary/aromatic N) is 1. The Bertz CT molecular complexity index is 969. The van der Waals surface area contributed by atoms with Crippen molar-refractivity contribution in [2.45, 2.75) is 13.3 Å². The van der Waals surface area contributed by atoms with Gasteiger partial charge in [-0.25, -0.2) is 4.39 Å². The number of anilines is 1. The molecular weight excluding hydrogens is 359 g/mol. The molecule has 0 aliphatic heterocycles. The number of aliphatic hydroxyl groups excluding tert-OH is 1. The molecule has 1 aromatic heterocycles. The second-order valence-corrected chi connectivity index (χ2v) is 6.37. The molecule has 3 rings (SSSR count). The van der Waals surface area contributed by atoms with Crippen molar-refractivity contribution in [1.29, 1.82) is 0 Å². The van der Waals surface area contributed by atoms with Gasteiger partial charge in [-0.1, -0.05) is 61.6 Å². The van der Waals surface area contributed by atoms with Crippen LogP contribution in [0.4, 0.5) is 10.1 Å². The van der Waals surface area contributed by atoms with Gasteiger partial charge in [0.1, 0.15) is 5.82 Å². The number of aryl methyl sites for hydroxylation is 1. The summed E-state index contributed by atoms with van der Waals surface area (Å²) in [6, 6.07) is 19.4. The summed E-state index contributed by atoms with van der Waals surface area (Å²) in [5, 5.41) is 13.9. The van der Waals surface area contributed by atoms with Gasteiger partial charge >= 0.3 is 0 Å². The zero-order valence-corrected chi connectivity index (χ0v) is 15.7. The van der Waals surface area contributed by atoms with Gasteiger partial charge in [0, 0.05) is 17.7 Å². The van der Waals surface area contributed by atoms with E-state index in [4.69, 9.17) is 12.2 Å². The van der Waals surface area contributed by atoms with Crippen molar-refractivity contribution >= 4 is 34.3 Å². The molecule has 27 heavy (non-hydrogen) atoms. The maximum atomic E-state index is 14.0. The molecule has 0 fully saturated rings. The number of benzene rings is 2. The van der Waals surface area contributed by atoms with E-state index in [1.54, 1.807) is 35.2 Å². The molecule has 2 aromatic carbocycles. The summed E-state index contributed by atoms with van der Waals surface area (Å²) in [5.41, 5.74) is 2.44. The Kier molecular flexibility index (Phi) is 5.94. The molecule has 0 saturated carbocycles. The first kappa shape index (κ1) is 18.7. The summed E-state index contributed by atoms with van der Waals surface area (Å²) < 4.78 is 15.7. The van der Waals surface area contributed by atoms with E-state index in [-0.39, 0.29) is 16.4 Å². The van der Waals surface area contributed by atoms with Crippen molar-refractivity contribution in [3.8, 4) is 0 Å². The molecule has 0 aliphatic carbocycles. The monoisotopic (exact) mass is 379 g/mol. The maximum Gasteiger partial charge on any atom is 0.288 e. The van der Waals surface area contributed by atoms with Crippen LogP contribution in [0, 0.1) is 5.82 Å². The molecule has 0 atom stereocenters. The van der Waals surface area contributed by atoms with Crippen molar-refractivity contribution in [3.63, 3.8) is 0 Å². The summed E-state index contributed by atoms with van der Waals surface area (Å²) in [4.78, 5) is 0.216. The summed E-state index contributed by atoms with van der Waals surface area (Å²) in [6.45, 7) is 2.07. The van der Waals surface area contributed by atoms with Crippen molar-refractivity contribution < 1.29 is 14.1 Å². The highest BCUT2D eigenvalue weighted by Gasteiger charge is 2.24. The van der Waals surface area contributed by atoms with Crippen LogP contribution in [0.1, 0.15) is 18.1 Å². The fourth-order valence-electron chi connectivity index (χ4n) is 2.67. The average Bonchev–Trinajstić information content (AvgIpc) is 2.71. The lowest BCUT2D eigenvalue weighted by molar-refractivity contribution is -0.575. The lowest BCUT2D eigenvalue weighted by Crippen LogP contribution is -2.38. The first-order valence-electron chi connectivity index (χ1n) is 8.65. The lowest BCUT2D eigenvalue weighted by Gasteiger charge is -2.11. The van der Waals surface area contributed by atoms with Crippen LogP contribution in [0.5, 0.6) is 0 Å². The van der Waals surface area contributed by atoms with E-state index in [0.717, 1.165) is 6.42 Å². The zero-order chi connectivity index (χ0) is 19.2. The van der Waals surface area contributed by atoms with Crippen LogP contribution in [0.3, 0.4) is 0 Å². The van der Waals surface area contributed by atoms with Crippen molar-refractivity contribution in [1.82, 2.24) is 0 Å². The molecule has 1 heterocycles. The number of thiocarbonyl (C=S) groups is 1. The fraction of sp³-hybridized carbons (Fsp3) is 0.0909. The highest BCUT2D eigenvalue weighted by Crippen LogP contribution is 2.21. The predicted octanol–water partition coefficient (Wildman–Crippen LogP) is 5.00. The van der Waals surface area contributed by atoms with E-state index in [2.05, 4.69) is 12.2 Å². The molecule has 0 unspecified atom stereocenters. The van der Waals surface area contributed by atoms with Gasteiger partial charge in [-0.15, -0.1) is 0 Å². The number of para-hydroxylation sites is 1. The second-order valence-electron chi connectivity index (χ2n) is 5.96. The SMILES string of the molecule is CCc1ccc(/C(O)=C(\C(=S)Nc2ccccc2F)[n+]2ccccc2)cc1. The van der Waals surface area contributed by atoms with Gasteiger partial charge in [0.2, 0.25) is 0 Å². The van der Waals surface area contributed by atoms with Crippen LogP contribution in [-0.2, 0) is 6.42 Å². The normalized spacial score (nSPS) is 11.6. The molecule has 0 amide bonds. The Balaban J connectivity index is 2.05. The first-order chi connectivity index (χ1) is 13.1. The minimum atomic E-state index is -0.413. The van der Waals surface area contributed by atoms with Crippen molar-refractivity contribution in [2.24, 2.45) is 0 Å². The molecule has 136 valence electrons. The third-order valence-electron chi connectivity index (χ3n) is 4.17. The van der Waals surface area contributed by atoms with E-state index in [9.17, 15) is 9.50 Å². The number of aromatic nitrogens is 1. The van der Waals surface area contributed by atoms with Crippen LogP contribution in [0.25, 0.3) is 11.5 Å². The predicted molar refractivity (Wildman–Crippen MR) is 111 cm³/mol. The minimum absolute atomic E-state index is 0.0164. The van der Waals surface area contributed by atoms with E-state index in [1.165, 1.54) is 11.6 Å². The van der Waals surface area contributed by atoms with E-state index < -0.39 is 5.82 Å². The van der Waals surface area contributed by atoms with Crippen LogP contribution >= 0.6 is 12.2 Å². The van der Waals surface area contributed by atoms with Crippen LogP contribution in [0.15, 0.2) is 79.1 Å². The summed E-state index contributed by atoms with van der Waals surface area (Å²) in [5.74, 6) is -0.397. The van der Waals surface area contributed by atoms with E-state index in [1.807, 2.05) is 42.5 Å². The summed E-state index contributed by atoms with van der Waals surface area (Å²) in [6.07, 6.45) is 4.47. The summed E-state index contributed by atoms with van der Waals surface area (Å²) in [7, 11) is 0. The Morgan fingerprint density at radius 1 is 1.00 bits per heavy atom. The van der Waals surface area contributed by atoms with Gasteiger partial charge in [0.15, 0.2) is 23.1 Å². The van der Waals surface area contributed by atoms with E-state index >= 15 is 0 Å².